The van der Waals surface area contributed by atoms with Crippen molar-refractivity contribution < 1.29 is 9.59 Å². The van der Waals surface area contributed by atoms with Gasteiger partial charge >= 0.3 is 0 Å². The zero-order valence-electron chi connectivity index (χ0n) is 9.78. The van der Waals surface area contributed by atoms with Crippen LogP contribution >= 0.6 is 0 Å². The fourth-order valence-electron chi connectivity index (χ4n) is 2.44. The quantitative estimate of drug-likeness (QED) is 0.707. The van der Waals surface area contributed by atoms with E-state index >= 15 is 0 Å². The van der Waals surface area contributed by atoms with Gasteiger partial charge in [0.1, 0.15) is 0 Å². The minimum atomic E-state index is 0.149. The van der Waals surface area contributed by atoms with Crippen molar-refractivity contribution in [1.82, 2.24) is 9.80 Å². The van der Waals surface area contributed by atoms with Gasteiger partial charge in [-0.2, -0.15) is 0 Å². The summed E-state index contributed by atoms with van der Waals surface area (Å²) in [4.78, 5) is 26.9. The molecule has 2 rings (SSSR count). The van der Waals surface area contributed by atoms with Crippen molar-refractivity contribution in [3.63, 3.8) is 0 Å². The van der Waals surface area contributed by atoms with Gasteiger partial charge in [0.2, 0.25) is 5.91 Å². The summed E-state index contributed by atoms with van der Waals surface area (Å²) in [5.41, 5.74) is 0. The Kier molecular flexibility index (Phi) is 3.93. The van der Waals surface area contributed by atoms with Crippen LogP contribution in [0.5, 0.6) is 0 Å². The smallest absolute Gasteiger partial charge is 0.224 e. The van der Waals surface area contributed by atoms with E-state index in [2.05, 4.69) is 4.90 Å². The first-order valence-corrected chi connectivity index (χ1v) is 6.27. The summed E-state index contributed by atoms with van der Waals surface area (Å²) in [5.74, 6) is 0.350. The molecule has 2 aliphatic rings. The summed E-state index contributed by atoms with van der Waals surface area (Å²) in [7, 11) is 0. The molecule has 4 nitrogen and oxygen atoms in total. The van der Waals surface area contributed by atoms with Crippen LogP contribution in [0.25, 0.3) is 0 Å². The van der Waals surface area contributed by atoms with Gasteiger partial charge in [-0.3, -0.25) is 9.59 Å². The standard InChI is InChI=1S/C12H20N2O2/c15-11-4-9-14(10-11)12(16)5-8-13-6-2-1-3-7-13/h1-10H2. The molecule has 0 spiro atoms. The minimum Gasteiger partial charge on any atom is -0.335 e. The van der Waals surface area contributed by atoms with E-state index in [0.29, 0.717) is 25.9 Å². The van der Waals surface area contributed by atoms with E-state index in [1.54, 1.807) is 4.90 Å². The van der Waals surface area contributed by atoms with Crippen LogP contribution in [-0.2, 0) is 9.59 Å². The maximum Gasteiger partial charge on any atom is 0.224 e. The van der Waals surface area contributed by atoms with Crippen LogP contribution in [0.4, 0.5) is 0 Å². The predicted molar refractivity (Wildman–Crippen MR) is 61.1 cm³/mol. The molecule has 16 heavy (non-hydrogen) atoms. The summed E-state index contributed by atoms with van der Waals surface area (Å²) >= 11 is 0. The third kappa shape index (κ3) is 3.04. The highest BCUT2D eigenvalue weighted by Crippen LogP contribution is 2.10. The van der Waals surface area contributed by atoms with E-state index in [-0.39, 0.29) is 11.7 Å². The molecule has 2 fully saturated rings. The Morgan fingerprint density at radius 1 is 1.12 bits per heavy atom. The molecular weight excluding hydrogens is 204 g/mol. The summed E-state index contributed by atoms with van der Waals surface area (Å²) < 4.78 is 0. The van der Waals surface area contributed by atoms with Crippen molar-refractivity contribution in [2.75, 3.05) is 32.7 Å². The molecular formula is C12H20N2O2. The van der Waals surface area contributed by atoms with Crippen LogP contribution in [0, 0.1) is 0 Å². The molecule has 0 N–H and O–H groups in total. The van der Waals surface area contributed by atoms with Crippen LogP contribution in [0.1, 0.15) is 32.1 Å². The number of amides is 1. The maximum absolute atomic E-state index is 11.8. The summed E-state index contributed by atoms with van der Waals surface area (Å²) in [6, 6.07) is 0. The fraction of sp³-hybridized carbons (Fsp3) is 0.833. The number of hydrogen-bond donors (Lipinski definition) is 0. The number of carbonyl (C=O) groups excluding carboxylic acids is 2. The number of rotatable bonds is 3. The second-order valence-electron chi connectivity index (χ2n) is 4.76. The van der Waals surface area contributed by atoms with E-state index in [1.165, 1.54) is 19.3 Å². The normalized spacial score (nSPS) is 22.8. The molecule has 2 heterocycles. The minimum absolute atomic E-state index is 0.149. The molecule has 90 valence electrons. The Morgan fingerprint density at radius 3 is 2.50 bits per heavy atom. The first kappa shape index (κ1) is 11.6. The first-order chi connectivity index (χ1) is 7.75. The molecule has 4 heteroatoms. The predicted octanol–water partition coefficient (Wildman–Crippen LogP) is 0.664. The molecule has 0 aromatic heterocycles. The molecule has 0 radical (unpaired) electrons. The second-order valence-corrected chi connectivity index (χ2v) is 4.76. The van der Waals surface area contributed by atoms with Crippen molar-refractivity contribution in [2.24, 2.45) is 0 Å². The summed E-state index contributed by atoms with van der Waals surface area (Å²) in [6.07, 6.45) is 4.97. The molecule has 1 amide bonds. The van der Waals surface area contributed by atoms with Crippen molar-refractivity contribution in [2.45, 2.75) is 32.1 Å². The van der Waals surface area contributed by atoms with Gasteiger partial charge in [0.15, 0.2) is 5.78 Å². The van der Waals surface area contributed by atoms with Gasteiger partial charge in [0, 0.05) is 25.9 Å². The highest BCUT2D eigenvalue weighted by atomic mass is 16.2. The monoisotopic (exact) mass is 224 g/mol. The lowest BCUT2D eigenvalue weighted by atomic mass is 10.1. The third-order valence-corrected chi connectivity index (χ3v) is 3.47. The number of piperidine rings is 1. The van der Waals surface area contributed by atoms with Crippen LogP contribution in [0.2, 0.25) is 0 Å². The van der Waals surface area contributed by atoms with Gasteiger partial charge in [0.25, 0.3) is 0 Å². The highest BCUT2D eigenvalue weighted by Gasteiger charge is 2.24. The van der Waals surface area contributed by atoms with Gasteiger partial charge in [-0.25, -0.2) is 0 Å². The number of carbonyl (C=O) groups is 2. The summed E-state index contributed by atoms with van der Waals surface area (Å²) in [6.45, 7) is 4.11. The third-order valence-electron chi connectivity index (χ3n) is 3.47. The van der Waals surface area contributed by atoms with Crippen molar-refractivity contribution in [3.8, 4) is 0 Å². The van der Waals surface area contributed by atoms with Gasteiger partial charge < -0.3 is 9.80 Å². The van der Waals surface area contributed by atoms with Gasteiger partial charge in [0.05, 0.1) is 6.54 Å². The number of ketones is 1. The largest absolute Gasteiger partial charge is 0.335 e. The molecule has 0 bridgehead atoms. The first-order valence-electron chi connectivity index (χ1n) is 6.27. The van der Waals surface area contributed by atoms with Crippen LogP contribution < -0.4 is 0 Å². The molecule has 0 atom stereocenters. The average molecular weight is 224 g/mol. The Bertz CT molecular complexity index is 272. The van der Waals surface area contributed by atoms with Crippen molar-refractivity contribution in [1.29, 1.82) is 0 Å². The van der Waals surface area contributed by atoms with E-state index < -0.39 is 0 Å². The van der Waals surface area contributed by atoms with Gasteiger partial charge in [-0.1, -0.05) is 6.42 Å². The van der Waals surface area contributed by atoms with Gasteiger partial charge in [-0.15, -0.1) is 0 Å². The van der Waals surface area contributed by atoms with E-state index in [4.69, 9.17) is 0 Å². The molecule has 2 saturated heterocycles. The molecule has 0 saturated carbocycles. The average Bonchev–Trinajstić information content (AvgIpc) is 2.74. The van der Waals surface area contributed by atoms with Crippen molar-refractivity contribution in [3.05, 3.63) is 0 Å². The molecule has 0 aromatic carbocycles. The number of hydrogen-bond acceptors (Lipinski definition) is 3. The Balaban J connectivity index is 1.68. The van der Waals surface area contributed by atoms with Crippen LogP contribution in [-0.4, -0.2) is 54.2 Å². The lowest BCUT2D eigenvalue weighted by Gasteiger charge is -2.26. The summed E-state index contributed by atoms with van der Waals surface area (Å²) in [5, 5.41) is 0. The molecule has 0 aliphatic carbocycles. The lowest BCUT2D eigenvalue weighted by molar-refractivity contribution is -0.132. The SMILES string of the molecule is O=C1CCN(C(=O)CCN2CCCCC2)C1. The second kappa shape index (κ2) is 5.43. The highest BCUT2D eigenvalue weighted by molar-refractivity contribution is 5.89. The molecule has 2 aliphatic heterocycles. The van der Waals surface area contributed by atoms with Crippen LogP contribution in [0.15, 0.2) is 0 Å². The number of nitrogens with zero attached hydrogens (tertiary/aromatic N) is 2. The maximum atomic E-state index is 11.8. The number of likely N-dealkylation sites (tertiary alicyclic amines) is 2. The fourth-order valence-corrected chi connectivity index (χ4v) is 2.44. The number of Topliss-reactive ketones (excluding diaryl/α,β-unsaturated/α-hetero) is 1. The van der Waals surface area contributed by atoms with E-state index in [9.17, 15) is 9.59 Å². The Morgan fingerprint density at radius 2 is 1.88 bits per heavy atom. The zero-order valence-corrected chi connectivity index (χ0v) is 9.78. The Hall–Kier alpha value is -0.900. The van der Waals surface area contributed by atoms with Crippen molar-refractivity contribution >= 4 is 11.7 Å². The lowest BCUT2D eigenvalue weighted by Crippen LogP contribution is -2.35. The molecule has 0 unspecified atom stereocenters. The van der Waals surface area contributed by atoms with E-state index in [1.807, 2.05) is 0 Å². The van der Waals surface area contributed by atoms with Crippen LogP contribution in [0.3, 0.4) is 0 Å². The zero-order chi connectivity index (χ0) is 11.4. The molecule has 0 aromatic rings. The topological polar surface area (TPSA) is 40.6 Å². The van der Waals surface area contributed by atoms with E-state index in [0.717, 1.165) is 19.6 Å². The van der Waals surface area contributed by atoms with Gasteiger partial charge in [-0.05, 0) is 25.9 Å². The Labute approximate surface area is 96.6 Å².